The Morgan fingerprint density at radius 2 is 2.11 bits per heavy atom. The summed E-state index contributed by atoms with van der Waals surface area (Å²) in [6, 6.07) is 4.68. The highest BCUT2D eigenvalue weighted by molar-refractivity contribution is 9.10. The first-order chi connectivity index (χ1) is 8.47. The average molecular weight is 349 g/mol. The molecule has 0 saturated heterocycles. The van der Waals surface area contributed by atoms with E-state index in [0.29, 0.717) is 25.9 Å². The summed E-state index contributed by atoms with van der Waals surface area (Å²) in [4.78, 5) is 12.0. The van der Waals surface area contributed by atoms with Crippen molar-refractivity contribution in [3.05, 3.63) is 44.5 Å². The molecule has 1 N–H and O–H groups in total. The van der Waals surface area contributed by atoms with Gasteiger partial charge < -0.3 is 5.32 Å². The monoisotopic (exact) mass is 347 g/mol. The molecule has 2 aromatic rings. The van der Waals surface area contributed by atoms with Gasteiger partial charge in [0.2, 0.25) is 0 Å². The highest BCUT2D eigenvalue weighted by atomic mass is 79.9. The van der Waals surface area contributed by atoms with Gasteiger partial charge in [-0.2, -0.15) is 5.10 Å². The van der Waals surface area contributed by atoms with E-state index in [1.165, 1.54) is 6.07 Å². The predicted molar refractivity (Wildman–Crippen MR) is 75.3 cm³/mol. The Hall–Kier alpha value is -1.04. The first kappa shape index (κ1) is 13.4. The SMILES string of the molecule is Cn1cc(Br)c(NC(=O)c2ccc(Cl)c(Cl)c2)n1. The van der Waals surface area contributed by atoms with E-state index in [1.807, 2.05) is 0 Å². The van der Waals surface area contributed by atoms with Crippen LogP contribution in [0, 0.1) is 0 Å². The van der Waals surface area contributed by atoms with Gasteiger partial charge in [0, 0.05) is 18.8 Å². The highest BCUT2D eigenvalue weighted by Gasteiger charge is 2.12. The van der Waals surface area contributed by atoms with Crippen molar-refractivity contribution < 1.29 is 4.79 Å². The van der Waals surface area contributed by atoms with E-state index in [9.17, 15) is 4.79 Å². The molecule has 18 heavy (non-hydrogen) atoms. The number of hydrogen-bond donors (Lipinski definition) is 1. The molecule has 0 saturated carbocycles. The largest absolute Gasteiger partial charge is 0.304 e. The lowest BCUT2D eigenvalue weighted by atomic mass is 10.2. The molecule has 0 fully saturated rings. The third-order valence-corrected chi connectivity index (χ3v) is 3.52. The first-order valence-electron chi connectivity index (χ1n) is 4.93. The van der Waals surface area contributed by atoms with E-state index < -0.39 is 0 Å². The summed E-state index contributed by atoms with van der Waals surface area (Å²) < 4.78 is 2.30. The normalized spacial score (nSPS) is 10.4. The quantitative estimate of drug-likeness (QED) is 0.898. The fraction of sp³-hybridized carbons (Fsp3) is 0.0909. The second kappa shape index (κ2) is 5.30. The number of nitrogens with zero attached hydrogens (tertiary/aromatic N) is 2. The van der Waals surface area contributed by atoms with Gasteiger partial charge >= 0.3 is 0 Å². The molecule has 0 aliphatic rings. The molecular formula is C11H8BrCl2N3O. The van der Waals surface area contributed by atoms with Gasteiger partial charge in [0.25, 0.3) is 5.91 Å². The second-order valence-electron chi connectivity index (χ2n) is 3.58. The minimum atomic E-state index is -0.298. The lowest BCUT2D eigenvalue weighted by Gasteiger charge is -2.04. The minimum absolute atomic E-state index is 0.298. The van der Waals surface area contributed by atoms with Gasteiger partial charge in [-0.1, -0.05) is 23.2 Å². The van der Waals surface area contributed by atoms with Crippen molar-refractivity contribution in [2.75, 3.05) is 5.32 Å². The molecule has 1 amide bonds. The number of aryl methyl sites for hydroxylation is 1. The van der Waals surface area contributed by atoms with Gasteiger partial charge in [-0.3, -0.25) is 9.48 Å². The number of benzene rings is 1. The standard InChI is InChI=1S/C11H8BrCl2N3O/c1-17-5-7(12)10(16-17)15-11(18)6-2-3-8(13)9(14)4-6/h2-5H,1H3,(H,15,16,18). The van der Waals surface area contributed by atoms with Gasteiger partial charge in [0.1, 0.15) is 0 Å². The Balaban J connectivity index is 2.22. The number of nitrogens with one attached hydrogen (secondary N) is 1. The molecule has 7 heteroatoms. The van der Waals surface area contributed by atoms with Crippen LogP contribution >= 0.6 is 39.1 Å². The van der Waals surface area contributed by atoms with E-state index in [2.05, 4.69) is 26.3 Å². The van der Waals surface area contributed by atoms with Gasteiger partial charge in [-0.25, -0.2) is 0 Å². The Labute approximate surface area is 122 Å². The van der Waals surface area contributed by atoms with E-state index in [-0.39, 0.29) is 5.91 Å². The maximum absolute atomic E-state index is 12.0. The summed E-state index contributed by atoms with van der Waals surface area (Å²) >= 11 is 14.9. The van der Waals surface area contributed by atoms with Crippen molar-refractivity contribution in [2.24, 2.45) is 7.05 Å². The van der Waals surface area contributed by atoms with Crippen LogP contribution in [0.15, 0.2) is 28.9 Å². The molecule has 0 unspecified atom stereocenters. The molecule has 1 aromatic carbocycles. The number of halogens is 3. The molecule has 0 aliphatic heterocycles. The second-order valence-corrected chi connectivity index (χ2v) is 5.25. The number of amides is 1. The maximum atomic E-state index is 12.0. The van der Waals surface area contributed by atoms with Crippen LogP contribution < -0.4 is 5.32 Å². The zero-order valence-corrected chi connectivity index (χ0v) is 12.3. The van der Waals surface area contributed by atoms with Crippen LogP contribution in [0.4, 0.5) is 5.82 Å². The van der Waals surface area contributed by atoms with Crippen molar-refractivity contribution in [3.8, 4) is 0 Å². The van der Waals surface area contributed by atoms with Crippen LogP contribution in [-0.2, 0) is 7.05 Å². The Kier molecular flexibility index (Phi) is 3.94. The van der Waals surface area contributed by atoms with E-state index >= 15 is 0 Å². The third kappa shape index (κ3) is 2.85. The average Bonchev–Trinajstić information content (AvgIpc) is 2.61. The zero-order valence-electron chi connectivity index (χ0n) is 9.25. The lowest BCUT2D eigenvalue weighted by molar-refractivity contribution is 0.102. The zero-order chi connectivity index (χ0) is 13.3. The van der Waals surface area contributed by atoms with Crippen LogP contribution in [0.2, 0.25) is 10.0 Å². The van der Waals surface area contributed by atoms with Crippen molar-refractivity contribution in [1.29, 1.82) is 0 Å². The number of hydrogen-bond acceptors (Lipinski definition) is 2. The van der Waals surface area contributed by atoms with Crippen molar-refractivity contribution >= 4 is 50.9 Å². The summed E-state index contributed by atoms with van der Waals surface area (Å²) in [6.07, 6.45) is 1.74. The van der Waals surface area contributed by atoms with Crippen molar-refractivity contribution in [1.82, 2.24) is 9.78 Å². The molecule has 0 radical (unpaired) electrons. The fourth-order valence-electron chi connectivity index (χ4n) is 1.36. The molecule has 4 nitrogen and oxygen atoms in total. The minimum Gasteiger partial charge on any atom is -0.304 e. The highest BCUT2D eigenvalue weighted by Crippen LogP contribution is 2.24. The molecule has 0 atom stereocenters. The van der Waals surface area contributed by atoms with Gasteiger partial charge in [-0.05, 0) is 34.1 Å². The summed E-state index contributed by atoms with van der Waals surface area (Å²) in [5.41, 5.74) is 0.418. The number of rotatable bonds is 2. The summed E-state index contributed by atoms with van der Waals surface area (Å²) in [6.45, 7) is 0. The smallest absolute Gasteiger partial charge is 0.256 e. The van der Waals surface area contributed by atoms with Crippen LogP contribution in [0.5, 0.6) is 0 Å². The summed E-state index contributed by atoms with van der Waals surface area (Å²) in [7, 11) is 1.76. The molecule has 94 valence electrons. The Morgan fingerprint density at radius 3 is 2.67 bits per heavy atom. The molecule has 1 heterocycles. The number of aromatic nitrogens is 2. The molecule has 0 aliphatic carbocycles. The van der Waals surface area contributed by atoms with E-state index in [1.54, 1.807) is 30.1 Å². The Morgan fingerprint density at radius 1 is 1.39 bits per heavy atom. The number of carbonyl (C=O) groups is 1. The van der Waals surface area contributed by atoms with Crippen molar-refractivity contribution in [3.63, 3.8) is 0 Å². The van der Waals surface area contributed by atoms with Crippen LogP contribution in [0.1, 0.15) is 10.4 Å². The van der Waals surface area contributed by atoms with Crippen LogP contribution in [0.25, 0.3) is 0 Å². The molecule has 0 bridgehead atoms. The molecule has 2 rings (SSSR count). The summed E-state index contributed by atoms with van der Waals surface area (Å²) in [5, 5.41) is 7.52. The molecule has 1 aromatic heterocycles. The molecular weight excluding hydrogens is 341 g/mol. The lowest BCUT2D eigenvalue weighted by Crippen LogP contribution is -2.12. The van der Waals surface area contributed by atoms with E-state index in [4.69, 9.17) is 23.2 Å². The van der Waals surface area contributed by atoms with Gasteiger partial charge in [-0.15, -0.1) is 0 Å². The maximum Gasteiger partial charge on any atom is 0.256 e. The topological polar surface area (TPSA) is 46.9 Å². The predicted octanol–water partition coefficient (Wildman–Crippen LogP) is 3.74. The fourth-order valence-corrected chi connectivity index (χ4v) is 2.13. The number of anilines is 1. The van der Waals surface area contributed by atoms with Gasteiger partial charge in [0.05, 0.1) is 14.5 Å². The van der Waals surface area contributed by atoms with Crippen LogP contribution in [0.3, 0.4) is 0 Å². The van der Waals surface area contributed by atoms with E-state index in [0.717, 1.165) is 0 Å². The summed E-state index contributed by atoms with van der Waals surface area (Å²) in [5.74, 6) is 0.154. The Bertz CT molecular complexity index is 612. The molecule has 0 spiro atoms. The van der Waals surface area contributed by atoms with Crippen molar-refractivity contribution in [2.45, 2.75) is 0 Å². The number of carbonyl (C=O) groups excluding carboxylic acids is 1. The van der Waals surface area contributed by atoms with Gasteiger partial charge in [0.15, 0.2) is 5.82 Å². The first-order valence-corrected chi connectivity index (χ1v) is 6.48. The third-order valence-electron chi connectivity index (χ3n) is 2.20. The van der Waals surface area contributed by atoms with Crippen LogP contribution in [-0.4, -0.2) is 15.7 Å².